The van der Waals surface area contributed by atoms with Gasteiger partial charge in [0.15, 0.2) is 0 Å². The summed E-state index contributed by atoms with van der Waals surface area (Å²) in [4.78, 5) is 0. The maximum Gasteiger partial charge on any atom is 0.123 e. The van der Waals surface area contributed by atoms with Crippen LogP contribution in [0.2, 0.25) is 0 Å². The molecule has 1 heteroatoms. The Morgan fingerprint density at radius 3 is 2.74 bits per heavy atom. The van der Waals surface area contributed by atoms with Gasteiger partial charge in [0.2, 0.25) is 0 Å². The van der Waals surface area contributed by atoms with Gasteiger partial charge in [-0.2, -0.15) is 0 Å². The molecule has 1 aromatic rings. The number of para-hydroxylation sites is 1. The Morgan fingerprint density at radius 2 is 2.00 bits per heavy atom. The second-order valence-corrected chi connectivity index (χ2v) is 5.99. The van der Waals surface area contributed by atoms with Gasteiger partial charge in [-0.25, -0.2) is 0 Å². The fourth-order valence-corrected chi connectivity index (χ4v) is 3.25. The first-order valence-electron chi connectivity index (χ1n) is 7.34. The summed E-state index contributed by atoms with van der Waals surface area (Å²) in [6.45, 7) is 4.64. The van der Waals surface area contributed by atoms with E-state index in [2.05, 4.69) is 62.4 Å². The van der Waals surface area contributed by atoms with Crippen LogP contribution in [0.3, 0.4) is 0 Å². The van der Waals surface area contributed by atoms with E-state index < -0.39 is 0 Å². The summed E-state index contributed by atoms with van der Waals surface area (Å²) >= 11 is 0. The zero-order valence-electron chi connectivity index (χ0n) is 11.8. The van der Waals surface area contributed by atoms with Crippen molar-refractivity contribution in [3.63, 3.8) is 0 Å². The average Bonchev–Trinajstić information content (AvgIpc) is 2.47. The van der Waals surface area contributed by atoms with Crippen molar-refractivity contribution in [1.82, 2.24) is 0 Å². The molecule has 100 valence electrons. The predicted molar refractivity (Wildman–Crippen MR) is 79.4 cm³/mol. The van der Waals surface area contributed by atoms with E-state index in [0.29, 0.717) is 23.9 Å². The van der Waals surface area contributed by atoms with Crippen molar-refractivity contribution < 1.29 is 4.74 Å². The Kier molecular flexibility index (Phi) is 3.46. The Labute approximate surface area is 116 Å². The number of rotatable bonds is 2. The lowest BCUT2D eigenvalue weighted by molar-refractivity contribution is 0.109. The number of fused-ring (bicyclic) bond motifs is 1. The van der Waals surface area contributed by atoms with Crippen LogP contribution in [0.5, 0.6) is 5.75 Å². The average molecular weight is 254 g/mol. The standard InChI is InChI=1S/C18H22O/c1-13(2)16-12-18(14-8-4-3-5-9-14)19-17-11-7-6-10-15(16)17/h3-8,10-11,13-14,16,18H,9,12H2,1-2H3. The van der Waals surface area contributed by atoms with Crippen LogP contribution >= 0.6 is 0 Å². The molecule has 0 N–H and O–H groups in total. The molecule has 1 aliphatic heterocycles. The molecule has 0 bridgehead atoms. The van der Waals surface area contributed by atoms with Crippen molar-refractivity contribution >= 4 is 0 Å². The van der Waals surface area contributed by atoms with Crippen molar-refractivity contribution in [3.8, 4) is 5.75 Å². The molecule has 0 spiro atoms. The minimum absolute atomic E-state index is 0.323. The molecular weight excluding hydrogens is 232 g/mol. The van der Waals surface area contributed by atoms with Gasteiger partial charge in [0.25, 0.3) is 0 Å². The van der Waals surface area contributed by atoms with Gasteiger partial charge in [-0.3, -0.25) is 0 Å². The molecule has 0 saturated carbocycles. The first kappa shape index (κ1) is 12.5. The van der Waals surface area contributed by atoms with E-state index in [1.54, 1.807) is 0 Å². The molecule has 1 nitrogen and oxygen atoms in total. The molecule has 3 unspecified atom stereocenters. The monoisotopic (exact) mass is 254 g/mol. The molecule has 0 aromatic heterocycles. The minimum atomic E-state index is 0.323. The van der Waals surface area contributed by atoms with Crippen molar-refractivity contribution in [2.75, 3.05) is 0 Å². The van der Waals surface area contributed by atoms with Crippen LogP contribution in [0.4, 0.5) is 0 Å². The van der Waals surface area contributed by atoms with Gasteiger partial charge in [0, 0.05) is 5.92 Å². The van der Waals surface area contributed by atoms with Crippen LogP contribution in [0.15, 0.2) is 48.6 Å². The summed E-state index contributed by atoms with van der Waals surface area (Å²) in [7, 11) is 0. The molecule has 1 aliphatic carbocycles. The third kappa shape index (κ3) is 2.47. The van der Waals surface area contributed by atoms with Crippen molar-refractivity contribution in [2.24, 2.45) is 11.8 Å². The SMILES string of the molecule is CC(C)C1CC(C2C=CC=CC2)Oc2ccccc21. The molecule has 3 atom stereocenters. The summed E-state index contributed by atoms with van der Waals surface area (Å²) in [5, 5.41) is 0. The highest BCUT2D eigenvalue weighted by molar-refractivity contribution is 5.39. The lowest BCUT2D eigenvalue weighted by atomic mass is 9.78. The number of ether oxygens (including phenoxy) is 1. The van der Waals surface area contributed by atoms with Crippen LogP contribution in [0, 0.1) is 11.8 Å². The lowest BCUT2D eigenvalue weighted by Crippen LogP contribution is -2.33. The normalized spacial score (nSPS) is 29.1. The minimum Gasteiger partial charge on any atom is -0.489 e. The van der Waals surface area contributed by atoms with Gasteiger partial charge in [0.1, 0.15) is 11.9 Å². The fraction of sp³-hybridized carbons (Fsp3) is 0.444. The first-order valence-corrected chi connectivity index (χ1v) is 7.34. The largest absolute Gasteiger partial charge is 0.489 e. The van der Waals surface area contributed by atoms with Crippen LogP contribution in [-0.4, -0.2) is 6.10 Å². The van der Waals surface area contributed by atoms with Gasteiger partial charge in [0.05, 0.1) is 0 Å². The van der Waals surface area contributed by atoms with Gasteiger partial charge >= 0.3 is 0 Å². The summed E-state index contributed by atoms with van der Waals surface area (Å²) in [6, 6.07) is 8.56. The molecule has 0 amide bonds. The molecule has 0 saturated heterocycles. The van der Waals surface area contributed by atoms with E-state index >= 15 is 0 Å². The van der Waals surface area contributed by atoms with Crippen molar-refractivity contribution in [2.45, 2.75) is 38.7 Å². The van der Waals surface area contributed by atoms with Gasteiger partial charge in [-0.05, 0) is 36.3 Å². The lowest BCUT2D eigenvalue weighted by Gasteiger charge is -2.37. The molecule has 19 heavy (non-hydrogen) atoms. The highest BCUT2D eigenvalue weighted by Gasteiger charge is 2.33. The van der Waals surface area contributed by atoms with Crippen LogP contribution in [0.25, 0.3) is 0 Å². The van der Waals surface area contributed by atoms with Crippen LogP contribution < -0.4 is 4.74 Å². The number of hydrogen-bond donors (Lipinski definition) is 0. The Bertz CT molecular complexity index is 498. The van der Waals surface area contributed by atoms with E-state index in [9.17, 15) is 0 Å². The van der Waals surface area contributed by atoms with Gasteiger partial charge in [-0.1, -0.05) is 56.4 Å². The number of hydrogen-bond acceptors (Lipinski definition) is 1. The van der Waals surface area contributed by atoms with Crippen LogP contribution in [0.1, 0.15) is 38.2 Å². The summed E-state index contributed by atoms with van der Waals surface area (Å²) in [6.07, 6.45) is 11.4. The molecule has 0 radical (unpaired) electrons. The molecule has 0 fully saturated rings. The number of allylic oxidation sites excluding steroid dienone is 3. The molecular formula is C18H22O. The second kappa shape index (κ2) is 5.24. The Hall–Kier alpha value is -1.50. The third-order valence-corrected chi connectivity index (χ3v) is 4.38. The van der Waals surface area contributed by atoms with E-state index in [-0.39, 0.29) is 0 Å². The summed E-state index contributed by atoms with van der Waals surface area (Å²) < 4.78 is 6.27. The zero-order valence-corrected chi connectivity index (χ0v) is 11.8. The molecule has 2 aliphatic rings. The Morgan fingerprint density at radius 1 is 1.16 bits per heavy atom. The van der Waals surface area contributed by atoms with E-state index in [4.69, 9.17) is 4.74 Å². The Balaban J connectivity index is 1.88. The quantitative estimate of drug-likeness (QED) is 0.742. The summed E-state index contributed by atoms with van der Waals surface area (Å²) in [5.41, 5.74) is 1.39. The smallest absolute Gasteiger partial charge is 0.123 e. The fourth-order valence-electron chi connectivity index (χ4n) is 3.25. The van der Waals surface area contributed by atoms with E-state index in [0.717, 1.165) is 18.6 Å². The maximum absolute atomic E-state index is 6.27. The second-order valence-electron chi connectivity index (χ2n) is 5.99. The highest BCUT2D eigenvalue weighted by atomic mass is 16.5. The van der Waals surface area contributed by atoms with Crippen LogP contribution in [-0.2, 0) is 0 Å². The first-order chi connectivity index (χ1) is 9.25. The third-order valence-electron chi connectivity index (χ3n) is 4.38. The molecule has 1 aromatic carbocycles. The van der Waals surface area contributed by atoms with Gasteiger partial charge in [-0.15, -0.1) is 0 Å². The molecule has 3 rings (SSSR count). The highest BCUT2D eigenvalue weighted by Crippen LogP contribution is 2.42. The summed E-state index contributed by atoms with van der Waals surface area (Å²) in [5.74, 6) is 2.91. The van der Waals surface area contributed by atoms with Crippen molar-refractivity contribution in [1.29, 1.82) is 0 Å². The van der Waals surface area contributed by atoms with Crippen molar-refractivity contribution in [3.05, 3.63) is 54.1 Å². The van der Waals surface area contributed by atoms with E-state index in [1.165, 1.54) is 5.56 Å². The van der Waals surface area contributed by atoms with E-state index in [1.807, 2.05) is 0 Å². The molecule has 1 heterocycles. The predicted octanol–water partition coefficient (Wildman–Crippen LogP) is 4.71. The number of benzene rings is 1. The maximum atomic E-state index is 6.27. The van der Waals surface area contributed by atoms with Gasteiger partial charge < -0.3 is 4.74 Å². The zero-order chi connectivity index (χ0) is 13.2. The topological polar surface area (TPSA) is 9.23 Å².